The molecule has 1 saturated heterocycles. The van der Waals surface area contributed by atoms with E-state index >= 15 is 0 Å². The second-order valence-electron chi connectivity index (χ2n) is 5.73. The molecule has 1 aliphatic heterocycles. The molecular formula is C16H20BrN5. The molecule has 0 bridgehead atoms. The van der Waals surface area contributed by atoms with Gasteiger partial charge >= 0.3 is 0 Å². The van der Waals surface area contributed by atoms with Gasteiger partial charge in [-0.1, -0.05) is 19.1 Å². The number of hydrogen-bond donors (Lipinski definition) is 2. The number of benzene rings is 1. The average molecular weight is 362 g/mol. The van der Waals surface area contributed by atoms with Crippen molar-refractivity contribution >= 4 is 38.9 Å². The number of nitrogens with zero attached hydrogens (tertiary/aromatic N) is 3. The van der Waals surface area contributed by atoms with Crippen LogP contribution in [0.15, 0.2) is 35.1 Å². The van der Waals surface area contributed by atoms with E-state index in [-0.39, 0.29) is 0 Å². The van der Waals surface area contributed by atoms with Crippen LogP contribution in [0.1, 0.15) is 19.8 Å². The van der Waals surface area contributed by atoms with Crippen LogP contribution in [0.3, 0.4) is 0 Å². The molecule has 0 radical (unpaired) electrons. The van der Waals surface area contributed by atoms with E-state index < -0.39 is 0 Å². The van der Waals surface area contributed by atoms with Gasteiger partial charge in [0, 0.05) is 17.6 Å². The standard InChI is InChI=1S/C16H20BrN5/c1-11-6-8-22(9-7-11)16-14(18)15(19-10-20-16)21-13-5-3-2-4-12(13)17/h2-5,10-11H,6-9,18H2,1H3,(H,19,20,21). The number of aromatic nitrogens is 2. The van der Waals surface area contributed by atoms with E-state index in [4.69, 9.17) is 5.73 Å². The van der Waals surface area contributed by atoms with Gasteiger partial charge in [0.1, 0.15) is 12.0 Å². The molecule has 1 aromatic heterocycles. The van der Waals surface area contributed by atoms with Crippen LogP contribution in [-0.2, 0) is 0 Å². The molecule has 0 unspecified atom stereocenters. The van der Waals surface area contributed by atoms with Crippen molar-refractivity contribution in [2.24, 2.45) is 5.92 Å². The Kier molecular flexibility index (Phi) is 4.47. The lowest BCUT2D eigenvalue weighted by molar-refractivity contribution is 0.437. The minimum atomic E-state index is 0.604. The summed E-state index contributed by atoms with van der Waals surface area (Å²) >= 11 is 3.52. The molecule has 2 aromatic rings. The highest BCUT2D eigenvalue weighted by Crippen LogP contribution is 2.32. The summed E-state index contributed by atoms with van der Waals surface area (Å²) in [5.74, 6) is 2.25. The Bertz CT molecular complexity index is 653. The second-order valence-corrected chi connectivity index (χ2v) is 6.59. The van der Waals surface area contributed by atoms with Gasteiger partial charge in [-0.2, -0.15) is 0 Å². The molecule has 6 heteroatoms. The molecule has 116 valence electrons. The minimum absolute atomic E-state index is 0.604. The first-order valence-electron chi connectivity index (χ1n) is 7.52. The van der Waals surface area contributed by atoms with Crippen molar-refractivity contribution in [3.63, 3.8) is 0 Å². The van der Waals surface area contributed by atoms with E-state index in [1.54, 1.807) is 6.33 Å². The molecule has 22 heavy (non-hydrogen) atoms. The summed E-state index contributed by atoms with van der Waals surface area (Å²) in [6.45, 7) is 4.29. The Morgan fingerprint density at radius 1 is 1.23 bits per heavy atom. The first kappa shape index (κ1) is 15.1. The third kappa shape index (κ3) is 3.16. The molecule has 1 fully saturated rings. The van der Waals surface area contributed by atoms with Gasteiger partial charge in [-0.3, -0.25) is 0 Å². The number of hydrogen-bond acceptors (Lipinski definition) is 5. The molecule has 3 N–H and O–H groups in total. The van der Waals surface area contributed by atoms with Crippen molar-refractivity contribution < 1.29 is 0 Å². The SMILES string of the molecule is CC1CCN(c2ncnc(Nc3ccccc3Br)c2N)CC1. The summed E-state index contributed by atoms with van der Waals surface area (Å²) in [4.78, 5) is 10.9. The lowest BCUT2D eigenvalue weighted by atomic mass is 9.99. The zero-order chi connectivity index (χ0) is 15.5. The van der Waals surface area contributed by atoms with Gasteiger partial charge in [0.2, 0.25) is 0 Å². The van der Waals surface area contributed by atoms with Gasteiger partial charge < -0.3 is 16.0 Å². The molecule has 5 nitrogen and oxygen atoms in total. The van der Waals surface area contributed by atoms with Gasteiger partial charge in [0.05, 0.1) is 5.69 Å². The van der Waals surface area contributed by atoms with Crippen LogP contribution in [0.5, 0.6) is 0 Å². The molecule has 3 rings (SSSR count). The lowest BCUT2D eigenvalue weighted by Gasteiger charge is -2.32. The zero-order valence-corrected chi connectivity index (χ0v) is 14.2. The smallest absolute Gasteiger partial charge is 0.159 e. The number of rotatable bonds is 3. The van der Waals surface area contributed by atoms with Gasteiger partial charge in [0.15, 0.2) is 11.6 Å². The third-order valence-electron chi connectivity index (χ3n) is 4.07. The first-order chi connectivity index (χ1) is 10.6. The van der Waals surface area contributed by atoms with Gasteiger partial charge in [-0.25, -0.2) is 9.97 Å². The maximum Gasteiger partial charge on any atom is 0.159 e. The Balaban J connectivity index is 1.84. The number of halogens is 1. The normalized spacial score (nSPS) is 15.8. The van der Waals surface area contributed by atoms with Crippen molar-refractivity contribution in [3.8, 4) is 0 Å². The molecule has 1 aromatic carbocycles. The number of nitrogens with two attached hydrogens (primary N) is 1. The van der Waals surface area contributed by atoms with Gasteiger partial charge in [-0.15, -0.1) is 0 Å². The van der Waals surface area contributed by atoms with E-state index in [9.17, 15) is 0 Å². The van der Waals surface area contributed by atoms with Gasteiger partial charge in [-0.05, 0) is 46.8 Å². The maximum absolute atomic E-state index is 6.30. The van der Waals surface area contributed by atoms with Crippen LogP contribution >= 0.6 is 15.9 Å². The molecule has 0 spiro atoms. The van der Waals surface area contributed by atoms with Crippen molar-refractivity contribution in [1.82, 2.24) is 9.97 Å². The number of nitrogen functional groups attached to an aromatic ring is 1. The van der Waals surface area contributed by atoms with Crippen molar-refractivity contribution in [2.45, 2.75) is 19.8 Å². The van der Waals surface area contributed by atoms with Crippen LogP contribution in [-0.4, -0.2) is 23.1 Å². The van der Waals surface area contributed by atoms with Crippen LogP contribution in [0.2, 0.25) is 0 Å². The Morgan fingerprint density at radius 3 is 2.68 bits per heavy atom. The fourth-order valence-electron chi connectivity index (χ4n) is 2.65. The minimum Gasteiger partial charge on any atom is -0.393 e. The molecule has 2 heterocycles. The lowest BCUT2D eigenvalue weighted by Crippen LogP contribution is -2.34. The topological polar surface area (TPSA) is 67.1 Å². The monoisotopic (exact) mass is 361 g/mol. The van der Waals surface area contributed by atoms with Gasteiger partial charge in [0.25, 0.3) is 0 Å². The fraction of sp³-hybridized carbons (Fsp3) is 0.375. The summed E-state index contributed by atoms with van der Waals surface area (Å²) in [5, 5.41) is 3.28. The van der Waals surface area contributed by atoms with E-state index in [2.05, 4.69) is 43.0 Å². The highest BCUT2D eigenvalue weighted by atomic mass is 79.9. The zero-order valence-electron chi connectivity index (χ0n) is 12.6. The number of anilines is 4. The maximum atomic E-state index is 6.30. The molecular weight excluding hydrogens is 342 g/mol. The Morgan fingerprint density at radius 2 is 1.95 bits per heavy atom. The van der Waals surface area contributed by atoms with E-state index in [0.717, 1.165) is 35.0 Å². The summed E-state index contributed by atoms with van der Waals surface area (Å²) in [5.41, 5.74) is 7.84. The van der Waals surface area contributed by atoms with E-state index in [1.807, 2.05) is 24.3 Å². The first-order valence-corrected chi connectivity index (χ1v) is 8.31. The predicted molar refractivity (Wildman–Crippen MR) is 94.5 cm³/mol. The summed E-state index contributed by atoms with van der Waals surface area (Å²) in [7, 11) is 0. The van der Waals surface area contributed by atoms with E-state index in [0.29, 0.717) is 11.5 Å². The molecule has 0 amide bonds. The number of piperidine rings is 1. The summed E-state index contributed by atoms with van der Waals surface area (Å²) < 4.78 is 0.973. The van der Waals surface area contributed by atoms with Crippen molar-refractivity contribution in [2.75, 3.05) is 29.0 Å². The van der Waals surface area contributed by atoms with Crippen LogP contribution in [0.25, 0.3) is 0 Å². The quantitative estimate of drug-likeness (QED) is 0.869. The average Bonchev–Trinajstić information content (AvgIpc) is 2.52. The Labute approximate surface area is 139 Å². The van der Waals surface area contributed by atoms with Crippen molar-refractivity contribution in [3.05, 3.63) is 35.1 Å². The molecule has 0 saturated carbocycles. The van der Waals surface area contributed by atoms with E-state index in [1.165, 1.54) is 12.8 Å². The molecule has 1 aliphatic rings. The summed E-state index contributed by atoms with van der Waals surface area (Å²) in [6, 6.07) is 7.90. The van der Waals surface area contributed by atoms with Crippen molar-refractivity contribution in [1.29, 1.82) is 0 Å². The number of para-hydroxylation sites is 1. The second kappa shape index (κ2) is 6.52. The highest BCUT2D eigenvalue weighted by Gasteiger charge is 2.20. The van der Waals surface area contributed by atoms with Crippen LogP contribution in [0, 0.1) is 5.92 Å². The number of nitrogens with one attached hydrogen (secondary N) is 1. The van der Waals surface area contributed by atoms with Crippen LogP contribution < -0.4 is 16.0 Å². The highest BCUT2D eigenvalue weighted by molar-refractivity contribution is 9.10. The fourth-order valence-corrected chi connectivity index (χ4v) is 3.03. The largest absolute Gasteiger partial charge is 0.393 e. The molecule has 0 atom stereocenters. The summed E-state index contributed by atoms with van der Waals surface area (Å²) in [6.07, 6.45) is 3.93. The predicted octanol–water partition coefficient (Wildman–Crippen LogP) is 3.80. The Hall–Kier alpha value is -1.82. The molecule has 0 aliphatic carbocycles. The van der Waals surface area contributed by atoms with Crippen LogP contribution in [0.4, 0.5) is 23.0 Å². The third-order valence-corrected chi connectivity index (χ3v) is 4.76.